The number of nitrogen functional groups attached to an aromatic ring is 1. The van der Waals surface area contributed by atoms with E-state index in [1.54, 1.807) is 0 Å². The highest BCUT2D eigenvalue weighted by Crippen LogP contribution is 2.21. The van der Waals surface area contributed by atoms with Crippen LogP contribution in [-0.2, 0) is 4.79 Å². The zero-order valence-electron chi connectivity index (χ0n) is 11.1. The molecule has 0 spiro atoms. The molecule has 5 nitrogen and oxygen atoms in total. The summed E-state index contributed by atoms with van der Waals surface area (Å²) in [6, 6.07) is 13.8. The Balaban J connectivity index is 1.95. The lowest BCUT2D eigenvalue weighted by Gasteiger charge is -2.08. The highest BCUT2D eigenvalue weighted by Gasteiger charge is 2.09. The van der Waals surface area contributed by atoms with Crippen LogP contribution in [-0.4, -0.2) is 22.7 Å². The Morgan fingerprint density at radius 3 is 2.48 bits per heavy atom. The molecule has 0 aromatic heterocycles. The molecular formula is C15H14N2O3S. The molecule has 2 aromatic rings. The van der Waals surface area contributed by atoms with Gasteiger partial charge in [-0.15, -0.1) is 11.8 Å². The molecule has 0 aliphatic heterocycles. The maximum absolute atomic E-state index is 11.9. The SMILES string of the molecule is Nc1cc(C(=O)O)ccc1NC(=O)CSc1ccccc1. The molecule has 0 fully saturated rings. The summed E-state index contributed by atoms with van der Waals surface area (Å²) < 4.78 is 0. The second-order valence-corrected chi connectivity index (χ2v) is 5.31. The van der Waals surface area contributed by atoms with Gasteiger partial charge >= 0.3 is 5.97 Å². The molecule has 2 rings (SSSR count). The summed E-state index contributed by atoms with van der Waals surface area (Å²) in [6.45, 7) is 0. The second-order valence-electron chi connectivity index (χ2n) is 4.26. The third-order valence-corrected chi connectivity index (χ3v) is 3.70. The van der Waals surface area contributed by atoms with Crippen molar-refractivity contribution in [2.24, 2.45) is 0 Å². The highest BCUT2D eigenvalue weighted by atomic mass is 32.2. The van der Waals surface area contributed by atoms with E-state index in [0.29, 0.717) is 5.69 Å². The number of anilines is 2. The van der Waals surface area contributed by atoms with Gasteiger partial charge in [0, 0.05) is 4.90 Å². The van der Waals surface area contributed by atoms with E-state index in [0.717, 1.165) is 4.90 Å². The van der Waals surface area contributed by atoms with Crippen LogP contribution >= 0.6 is 11.8 Å². The fourth-order valence-corrected chi connectivity index (χ4v) is 2.38. The van der Waals surface area contributed by atoms with Crippen molar-refractivity contribution in [2.45, 2.75) is 4.90 Å². The zero-order valence-corrected chi connectivity index (χ0v) is 11.9. The lowest BCUT2D eigenvalue weighted by Crippen LogP contribution is -2.15. The Morgan fingerprint density at radius 2 is 1.86 bits per heavy atom. The van der Waals surface area contributed by atoms with Gasteiger partial charge in [0.05, 0.1) is 22.7 Å². The highest BCUT2D eigenvalue weighted by molar-refractivity contribution is 8.00. The number of carboxylic acid groups (broad SMARTS) is 1. The topological polar surface area (TPSA) is 92.4 Å². The van der Waals surface area contributed by atoms with Gasteiger partial charge in [-0.1, -0.05) is 18.2 Å². The van der Waals surface area contributed by atoms with Crippen molar-refractivity contribution in [1.29, 1.82) is 0 Å². The monoisotopic (exact) mass is 302 g/mol. The fraction of sp³-hybridized carbons (Fsp3) is 0.0667. The molecule has 0 aliphatic rings. The molecule has 0 heterocycles. The summed E-state index contributed by atoms with van der Waals surface area (Å²) in [6.07, 6.45) is 0. The van der Waals surface area contributed by atoms with Gasteiger partial charge in [-0.05, 0) is 30.3 Å². The van der Waals surface area contributed by atoms with Crippen LogP contribution in [0, 0.1) is 0 Å². The van der Waals surface area contributed by atoms with Gasteiger partial charge in [-0.25, -0.2) is 4.79 Å². The van der Waals surface area contributed by atoms with Crippen LogP contribution in [0.15, 0.2) is 53.4 Å². The third kappa shape index (κ3) is 4.25. The van der Waals surface area contributed by atoms with Crippen molar-refractivity contribution < 1.29 is 14.7 Å². The van der Waals surface area contributed by atoms with E-state index in [-0.39, 0.29) is 22.9 Å². The number of hydrogen-bond acceptors (Lipinski definition) is 4. The summed E-state index contributed by atoms with van der Waals surface area (Å²) in [5.41, 5.74) is 6.46. The van der Waals surface area contributed by atoms with Crippen molar-refractivity contribution in [1.82, 2.24) is 0 Å². The predicted molar refractivity (Wildman–Crippen MR) is 83.6 cm³/mol. The largest absolute Gasteiger partial charge is 0.478 e. The molecule has 0 unspecified atom stereocenters. The Morgan fingerprint density at radius 1 is 1.14 bits per heavy atom. The Hall–Kier alpha value is -2.47. The van der Waals surface area contributed by atoms with Crippen molar-refractivity contribution in [2.75, 3.05) is 16.8 Å². The minimum Gasteiger partial charge on any atom is -0.478 e. The number of aromatic carboxylic acids is 1. The lowest BCUT2D eigenvalue weighted by atomic mass is 10.2. The number of hydrogen-bond donors (Lipinski definition) is 3. The summed E-state index contributed by atoms with van der Waals surface area (Å²) >= 11 is 1.41. The molecule has 0 bridgehead atoms. The first-order valence-electron chi connectivity index (χ1n) is 6.17. The summed E-state index contributed by atoms with van der Waals surface area (Å²) in [5, 5.41) is 11.5. The van der Waals surface area contributed by atoms with Crippen LogP contribution in [0.3, 0.4) is 0 Å². The van der Waals surface area contributed by atoms with Crippen LogP contribution in [0.25, 0.3) is 0 Å². The van der Waals surface area contributed by atoms with Gasteiger partial charge in [0.15, 0.2) is 0 Å². The van der Waals surface area contributed by atoms with Crippen LogP contribution in [0.4, 0.5) is 11.4 Å². The van der Waals surface area contributed by atoms with Crippen molar-refractivity contribution in [3.63, 3.8) is 0 Å². The molecule has 0 saturated carbocycles. The van der Waals surface area contributed by atoms with E-state index in [1.165, 1.54) is 30.0 Å². The molecule has 0 radical (unpaired) electrons. The van der Waals surface area contributed by atoms with Crippen molar-refractivity contribution >= 4 is 35.0 Å². The van der Waals surface area contributed by atoms with Gasteiger partial charge in [0.2, 0.25) is 5.91 Å². The number of carbonyl (C=O) groups is 2. The standard InChI is InChI=1S/C15H14N2O3S/c16-12-8-10(15(19)20)6-7-13(12)17-14(18)9-21-11-4-2-1-3-5-11/h1-8H,9,16H2,(H,17,18)(H,19,20). The van der Waals surface area contributed by atoms with E-state index >= 15 is 0 Å². The minimum absolute atomic E-state index is 0.0872. The molecule has 1 amide bonds. The van der Waals surface area contributed by atoms with Gasteiger partial charge in [-0.2, -0.15) is 0 Å². The van der Waals surface area contributed by atoms with Crippen LogP contribution in [0.1, 0.15) is 10.4 Å². The number of rotatable bonds is 5. The maximum atomic E-state index is 11.9. The fourth-order valence-electron chi connectivity index (χ4n) is 1.66. The quantitative estimate of drug-likeness (QED) is 0.583. The molecule has 4 N–H and O–H groups in total. The summed E-state index contributed by atoms with van der Waals surface area (Å²) in [4.78, 5) is 23.7. The number of benzene rings is 2. The van der Waals surface area contributed by atoms with Crippen LogP contribution < -0.4 is 11.1 Å². The van der Waals surface area contributed by atoms with E-state index in [9.17, 15) is 9.59 Å². The van der Waals surface area contributed by atoms with Crippen molar-refractivity contribution in [3.8, 4) is 0 Å². The summed E-state index contributed by atoms with van der Waals surface area (Å²) in [5.74, 6) is -0.998. The molecule has 0 aliphatic carbocycles. The van der Waals surface area contributed by atoms with E-state index in [2.05, 4.69) is 5.32 Å². The van der Waals surface area contributed by atoms with Gasteiger partial charge < -0.3 is 16.2 Å². The van der Waals surface area contributed by atoms with E-state index in [1.807, 2.05) is 30.3 Å². The van der Waals surface area contributed by atoms with Crippen LogP contribution in [0.5, 0.6) is 0 Å². The molecule has 6 heteroatoms. The Kier molecular flexibility index (Phi) is 4.84. The predicted octanol–water partition coefficient (Wildman–Crippen LogP) is 2.70. The zero-order chi connectivity index (χ0) is 15.2. The van der Waals surface area contributed by atoms with E-state index < -0.39 is 5.97 Å². The first-order valence-corrected chi connectivity index (χ1v) is 7.15. The van der Waals surface area contributed by atoms with Gasteiger partial charge in [0.1, 0.15) is 0 Å². The summed E-state index contributed by atoms with van der Waals surface area (Å²) in [7, 11) is 0. The molecule has 108 valence electrons. The number of nitrogens with two attached hydrogens (primary N) is 1. The number of amides is 1. The maximum Gasteiger partial charge on any atom is 0.335 e. The molecule has 21 heavy (non-hydrogen) atoms. The lowest BCUT2D eigenvalue weighted by molar-refractivity contribution is -0.113. The molecule has 0 atom stereocenters. The second kappa shape index (κ2) is 6.81. The first kappa shape index (κ1) is 14.9. The van der Waals surface area contributed by atoms with E-state index in [4.69, 9.17) is 10.8 Å². The van der Waals surface area contributed by atoms with Crippen molar-refractivity contribution in [3.05, 3.63) is 54.1 Å². The Labute approximate surface area is 126 Å². The Bertz CT molecular complexity index is 659. The number of carboxylic acids is 1. The van der Waals surface area contributed by atoms with Gasteiger partial charge in [-0.3, -0.25) is 4.79 Å². The van der Waals surface area contributed by atoms with Gasteiger partial charge in [0.25, 0.3) is 0 Å². The molecule has 2 aromatic carbocycles. The average Bonchev–Trinajstić information content (AvgIpc) is 2.48. The average molecular weight is 302 g/mol. The molecular weight excluding hydrogens is 288 g/mol. The first-order chi connectivity index (χ1) is 10.1. The molecule has 0 saturated heterocycles. The number of thioether (sulfide) groups is 1. The third-order valence-electron chi connectivity index (χ3n) is 2.69. The van der Waals surface area contributed by atoms with Crippen LogP contribution in [0.2, 0.25) is 0 Å². The number of carbonyl (C=O) groups excluding carboxylic acids is 1. The number of nitrogens with one attached hydrogen (secondary N) is 1. The smallest absolute Gasteiger partial charge is 0.335 e. The minimum atomic E-state index is -1.06. The normalized spacial score (nSPS) is 10.1.